The van der Waals surface area contributed by atoms with Gasteiger partial charge in [-0.15, -0.1) is 0 Å². The molecule has 158 valence electrons. The van der Waals surface area contributed by atoms with Crippen LogP contribution in [0.1, 0.15) is 0 Å². The van der Waals surface area contributed by atoms with Gasteiger partial charge in [-0.25, -0.2) is 0 Å². The Balaban J connectivity index is 1.80. The van der Waals surface area contributed by atoms with E-state index in [1.807, 2.05) is 36.4 Å². The number of carbonyl (C=O) groups is 3. The van der Waals surface area contributed by atoms with Crippen molar-refractivity contribution in [3.8, 4) is 0 Å². The van der Waals surface area contributed by atoms with Gasteiger partial charge >= 0.3 is 5.97 Å². The Morgan fingerprint density at radius 2 is 1.10 bits per heavy atom. The van der Waals surface area contributed by atoms with Gasteiger partial charge in [-0.05, 0) is 36.4 Å². The van der Waals surface area contributed by atoms with Gasteiger partial charge in [0.05, 0.1) is 6.54 Å². The molecule has 0 atom stereocenters. The van der Waals surface area contributed by atoms with Crippen molar-refractivity contribution in [2.45, 2.75) is 0 Å². The molecule has 0 bridgehead atoms. The lowest BCUT2D eigenvalue weighted by Gasteiger charge is -2.27. The summed E-state index contributed by atoms with van der Waals surface area (Å²) < 4.78 is 0. The number of hydrogen-bond donors (Lipinski definition) is 2. The third kappa shape index (κ3) is 6.17. The number of carboxylic acids is 1. The molecule has 0 aliphatic rings. The second kappa shape index (κ2) is 10.6. The number of hydrogen-bond acceptors (Lipinski definition) is 4. The van der Waals surface area contributed by atoms with Crippen LogP contribution in [0.4, 0.5) is 17.1 Å². The van der Waals surface area contributed by atoms with E-state index in [-0.39, 0.29) is 19.0 Å². The number of nitrogens with one attached hydrogen (secondary N) is 1. The van der Waals surface area contributed by atoms with Crippen LogP contribution >= 0.6 is 0 Å². The van der Waals surface area contributed by atoms with Crippen LogP contribution in [0.5, 0.6) is 0 Å². The van der Waals surface area contributed by atoms with E-state index in [0.29, 0.717) is 11.4 Å². The van der Waals surface area contributed by atoms with Gasteiger partial charge in [0.15, 0.2) is 0 Å². The molecule has 31 heavy (non-hydrogen) atoms. The number of amides is 2. The van der Waals surface area contributed by atoms with Gasteiger partial charge in [0, 0.05) is 17.1 Å². The van der Waals surface area contributed by atoms with E-state index in [0.717, 1.165) is 10.6 Å². The van der Waals surface area contributed by atoms with Crippen LogP contribution < -0.4 is 15.1 Å². The number of anilines is 3. The molecule has 0 saturated heterocycles. The molecule has 2 N–H and O–H groups in total. The predicted molar refractivity (Wildman–Crippen MR) is 120 cm³/mol. The fourth-order valence-corrected chi connectivity index (χ4v) is 3.05. The normalized spacial score (nSPS) is 10.2. The van der Waals surface area contributed by atoms with Crippen LogP contribution in [0.2, 0.25) is 0 Å². The fourth-order valence-electron chi connectivity index (χ4n) is 3.05. The molecule has 0 unspecified atom stereocenters. The van der Waals surface area contributed by atoms with Crippen molar-refractivity contribution >= 4 is 34.8 Å². The van der Waals surface area contributed by atoms with Crippen LogP contribution in [0.3, 0.4) is 0 Å². The van der Waals surface area contributed by atoms with Gasteiger partial charge in [0.2, 0.25) is 11.8 Å². The van der Waals surface area contributed by atoms with Gasteiger partial charge in [-0.2, -0.15) is 0 Å². The minimum atomic E-state index is -1.14. The van der Waals surface area contributed by atoms with Crippen LogP contribution in [0.15, 0.2) is 91.0 Å². The molecular formula is C24H23N3O4. The number of benzene rings is 3. The first-order valence-electron chi connectivity index (χ1n) is 9.76. The molecule has 0 saturated carbocycles. The SMILES string of the molecule is O=C(O)CN(C(=O)CN(C(=O)CNc1ccccc1)c1ccccc1)c1ccccc1. The molecule has 0 aromatic heterocycles. The molecule has 7 nitrogen and oxygen atoms in total. The molecule has 3 rings (SSSR count). The molecule has 2 amide bonds. The first-order valence-corrected chi connectivity index (χ1v) is 9.76. The molecule has 0 fully saturated rings. The predicted octanol–water partition coefficient (Wildman–Crippen LogP) is 3.25. The topological polar surface area (TPSA) is 90.0 Å². The Hall–Kier alpha value is -4.13. The molecule has 3 aromatic carbocycles. The summed E-state index contributed by atoms with van der Waals surface area (Å²) in [6, 6.07) is 26.7. The number of carbonyl (C=O) groups excluding carboxylic acids is 2. The smallest absolute Gasteiger partial charge is 0.323 e. The lowest BCUT2D eigenvalue weighted by molar-refractivity contribution is -0.136. The summed E-state index contributed by atoms with van der Waals surface area (Å²) in [6.07, 6.45) is 0. The Bertz CT molecular complexity index is 1010. The summed E-state index contributed by atoms with van der Waals surface area (Å²) in [5.41, 5.74) is 1.80. The zero-order valence-corrected chi connectivity index (χ0v) is 16.8. The standard InChI is InChI=1S/C24H23N3O4/c28-22(16-25-19-10-4-1-5-11-19)26(20-12-6-2-7-13-20)17-23(29)27(18-24(30)31)21-14-8-3-9-15-21/h1-15,25H,16-18H2,(H,30,31). The molecule has 0 aliphatic carbocycles. The number of para-hydroxylation sites is 3. The second-order valence-electron chi connectivity index (χ2n) is 6.74. The van der Waals surface area contributed by atoms with Crippen molar-refractivity contribution in [1.82, 2.24) is 0 Å². The van der Waals surface area contributed by atoms with Crippen LogP contribution in [-0.2, 0) is 14.4 Å². The van der Waals surface area contributed by atoms with Gasteiger partial charge in [0.25, 0.3) is 0 Å². The first-order chi connectivity index (χ1) is 15.0. The number of aliphatic carboxylic acids is 1. The maximum absolute atomic E-state index is 13.1. The minimum absolute atomic E-state index is 0.0174. The average molecular weight is 417 g/mol. The largest absolute Gasteiger partial charge is 0.480 e. The quantitative estimate of drug-likeness (QED) is 0.558. The van der Waals surface area contributed by atoms with Crippen molar-refractivity contribution in [3.63, 3.8) is 0 Å². The Morgan fingerprint density at radius 1 is 0.645 bits per heavy atom. The van der Waals surface area contributed by atoms with E-state index in [2.05, 4.69) is 5.32 Å². The molecular weight excluding hydrogens is 394 g/mol. The van der Waals surface area contributed by atoms with Crippen molar-refractivity contribution in [1.29, 1.82) is 0 Å². The lowest BCUT2D eigenvalue weighted by atomic mass is 10.2. The highest BCUT2D eigenvalue weighted by molar-refractivity contribution is 6.06. The summed E-state index contributed by atoms with van der Waals surface area (Å²) in [6.45, 7) is -0.806. The molecule has 0 radical (unpaired) electrons. The van der Waals surface area contributed by atoms with E-state index in [4.69, 9.17) is 0 Å². The Kier molecular flexibility index (Phi) is 7.37. The number of nitrogens with zero attached hydrogens (tertiary/aromatic N) is 2. The van der Waals surface area contributed by atoms with E-state index in [9.17, 15) is 19.5 Å². The van der Waals surface area contributed by atoms with Crippen LogP contribution in [0, 0.1) is 0 Å². The average Bonchev–Trinajstić information content (AvgIpc) is 2.81. The van der Waals surface area contributed by atoms with Gasteiger partial charge in [-0.1, -0.05) is 54.6 Å². The highest BCUT2D eigenvalue weighted by Crippen LogP contribution is 2.18. The van der Waals surface area contributed by atoms with Crippen LogP contribution in [0.25, 0.3) is 0 Å². The minimum Gasteiger partial charge on any atom is -0.480 e. The second-order valence-corrected chi connectivity index (χ2v) is 6.74. The van der Waals surface area contributed by atoms with Crippen molar-refractivity contribution in [2.75, 3.05) is 34.8 Å². The van der Waals surface area contributed by atoms with Crippen LogP contribution in [-0.4, -0.2) is 42.5 Å². The highest BCUT2D eigenvalue weighted by Gasteiger charge is 2.25. The fraction of sp³-hybridized carbons (Fsp3) is 0.125. The zero-order valence-electron chi connectivity index (χ0n) is 16.8. The Labute approximate surface area is 180 Å². The lowest BCUT2D eigenvalue weighted by Crippen LogP contribution is -2.46. The van der Waals surface area contributed by atoms with Crippen molar-refractivity contribution in [2.24, 2.45) is 0 Å². The number of rotatable bonds is 9. The van der Waals surface area contributed by atoms with Crippen molar-refractivity contribution < 1.29 is 19.5 Å². The van der Waals surface area contributed by atoms with Gasteiger partial charge < -0.3 is 15.3 Å². The number of carboxylic acid groups (broad SMARTS) is 1. The first kappa shape index (κ1) is 21.6. The molecule has 3 aromatic rings. The summed E-state index contributed by atoms with van der Waals surface area (Å²) >= 11 is 0. The molecule has 0 heterocycles. The molecule has 0 spiro atoms. The maximum atomic E-state index is 13.1. The zero-order chi connectivity index (χ0) is 22.1. The van der Waals surface area contributed by atoms with E-state index >= 15 is 0 Å². The highest BCUT2D eigenvalue weighted by atomic mass is 16.4. The maximum Gasteiger partial charge on any atom is 0.323 e. The summed E-state index contributed by atoms with van der Waals surface area (Å²) in [4.78, 5) is 40.0. The summed E-state index contributed by atoms with van der Waals surface area (Å²) in [5, 5.41) is 12.3. The van der Waals surface area contributed by atoms with Crippen molar-refractivity contribution in [3.05, 3.63) is 91.0 Å². The van der Waals surface area contributed by atoms with E-state index in [1.54, 1.807) is 54.6 Å². The monoisotopic (exact) mass is 417 g/mol. The molecule has 7 heteroatoms. The van der Waals surface area contributed by atoms with Gasteiger partial charge in [0.1, 0.15) is 13.1 Å². The van der Waals surface area contributed by atoms with Gasteiger partial charge in [-0.3, -0.25) is 19.3 Å². The summed E-state index contributed by atoms with van der Waals surface area (Å²) in [7, 11) is 0. The third-order valence-electron chi connectivity index (χ3n) is 4.54. The van der Waals surface area contributed by atoms with E-state index in [1.165, 1.54) is 4.90 Å². The van der Waals surface area contributed by atoms with E-state index < -0.39 is 18.4 Å². The Morgan fingerprint density at radius 3 is 1.58 bits per heavy atom. The summed E-state index contributed by atoms with van der Waals surface area (Å²) in [5.74, 6) is -1.95. The third-order valence-corrected chi connectivity index (χ3v) is 4.54. The molecule has 0 aliphatic heterocycles.